The van der Waals surface area contributed by atoms with Crippen LogP contribution in [0.2, 0.25) is 0 Å². The molecule has 1 aromatic heterocycles. The second-order valence-electron chi connectivity index (χ2n) is 4.63. The third-order valence-electron chi connectivity index (χ3n) is 2.68. The third kappa shape index (κ3) is 9.25. The Morgan fingerprint density at radius 3 is 2.62 bits per heavy atom. The zero-order valence-electron chi connectivity index (χ0n) is 13.8. The molecule has 7 nitrogen and oxygen atoms in total. The molecule has 0 aliphatic rings. The molecule has 0 amide bonds. The van der Waals surface area contributed by atoms with E-state index < -0.39 is 12.6 Å². The van der Waals surface area contributed by atoms with Crippen LogP contribution in [0.1, 0.15) is 45.0 Å². The summed E-state index contributed by atoms with van der Waals surface area (Å²) in [5.74, 6) is 0.931. The Bertz CT molecular complexity index is 496. The van der Waals surface area contributed by atoms with E-state index in [1.165, 1.54) is 0 Å². The highest BCUT2D eigenvalue weighted by Crippen LogP contribution is 2.18. The van der Waals surface area contributed by atoms with E-state index in [1.54, 1.807) is 6.92 Å². The Balaban J connectivity index is 0.00000529. The van der Waals surface area contributed by atoms with Crippen molar-refractivity contribution in [3.63, 3.8) is 0 Å². The minimum Gasteiger partial charge on any atom is -0.371 e. The van der Waals surface area contributed by atoms with Crippen LogP contribution < -0.4 is 10.6 Å². The van der Waals surface area contributed by atoms with Gasteiger partial charge in [-0.3, -0.25) is 0 Å². The standard InChI is InChI=1S/C13H22F3N5O2.HI/c1-4-17-12(18-7-6-13(14,15)16)19-8-10-20-11(21-23-10)9(3)22-5-2;/h9H,4-8H2,1-3H3,(H2,17,18,19);1H. The van der Waals surface area contributed by atoms with Gasteiger partial charge in [0.05, 0.1) is 6.42 Å². The highest BCUT2D eigenvalue weighted by Gasteiger charge is 2.26. The molecule has 1 aromatic rings. The first-order chi connectivity index (χ1) is 10.9. The Kier molecular flexibility index (Phi) is 10.9. The number of hydrogen-bond donors (Lipinski definition) is 2. The van der Waals surface area contributed by atoms with Crippen LogP contribution >= 0.6 is 24.0 Å². The zero-order valence-corrected chi connectivity index (χ0v) is 16.1. The number of halogens is 4. The minimum absolute atomic E-state index is 0. The predicted octanol–water partition coefficient (Wildman–Crippen LogP) is 2.79. The van der Waals surface area contributed by atoms with Gasteiger partial charge in [0, 0.05) is 19.7 Å². The van der Waals surface area contributed by atoms with E-state index in [4.69, 9.17) is 9.26 Å². The van der Waals surface area contributed by atoms with Crippen molar-refractivity contribution < 1.29 is 22.4 Å². The van der Waals surface area contributed by atoms with Crippen molar-refractivity contribution in [2.45, 2.75) is 46.0 Å². The molecular weight excluding hydrogens is 442 g/mol. The highest BCUT2D eigenvalue weighted by molar-refractivity contribution is 14.0. The lowest BCUT2D eigenvalue weighted by Gasteiger charge is -2.11. The number of guanidine groups is 1. The number of hydrogen-bond acceptors (Lipinski definition) is 5. The second-order valence-corrected chi connectivity index (χ2v) is 4.63. The van der Waals surface area contributed by atoms with Crippen LogP contribution in [0.4, 0.5) is 13.2 Å². The van der Waals surface area contributed by atoms with Crippen molar-refractivity contribution in [2.24, 2.45) is 4.99 Å². The Labute approximate surface area is 155 Å². The van der Waals surface area contributed by atoms with E-state index in [9.17, 15) is 13.2 Å². The third-order valence-corrected chi connectivity index (χ3v) is 2.68. The molecule has 0 saturated heterocycles. The molecule has 1 unspecified atom stereocenters. The van der Waals surface area contributed by atoms with Gasteiger partial charge in [0.25, 0.3) is 0 Å². The SMILES string of the molecule is CCNC(=NCc1nc(C(C)OCC)no1)NCCC(F)(F)F.I. The maximum absolute atomic E-state index is 12.1. The molecule has 2 N–H and O–H groups in total. The molecule has 24 heavy (non-hydrogen) atoms. The average molecular weight is 465 g/mol. The molecule has 1 heterocycles. The molecule has 0 bridgehead atoms. The summed E-state index contributed by atoms with van der Waals surface area (Å²) in [4.78, 5) is 8.25. The van der Waals surface area contributed by atoms with Crippen molar-refractivity contribution in [3.05, 3.63) is 11.7 Å². The van der Waals surface area contributed by atoms with Gasteiger partial charge < -0.3 is 19.9 Å². The molecule has 0 radical (unpaired) electrons. The van der Waals surface area contributed by atoms with Crippen LogP contribution in [0.3, 0.4) is 0 Å². The van der Waals surface area contributed by atoms with E-state index in [2.05, 4.69) is 25.8 Å². The highest BCUT2D eigenvalue weighted by atomic mass is 127. The number of aliphatic imine (C=N–C) groups is 1. The Morgan fingerprint density at radius 1 is 1.33 bits per heavy atom. The molecule has 11 heteroatoms. The van der Waals surface area contributed by atoms with E-state index in [0.717, 1.165) is 0 Å². The molecule has 0 saturated carbocycles. The summed E-state index contributed by atoms with van der Waals surface area (Å²) in [5, 5.41) is 9.23. The number of ether oxygens (including phenoxy) is 1. The van der Waals surface area contributed by atoms with E-state index in [1.807, 2.05) is 13.8 Å². The van der Waals surface area contributed by atoms with Crippen molar-refractivity contribution >= 4 is 29.9 Å². The Hall–Kier alpha value is -1.11. The molecule has 0 aliphatic heterocycles. The van der Waals surface area contributed by atoms with Gasteiger partial charge in [0.1, 0.15) is 12.6 Å². The van der Waals surface area contributed by atoms with E-state index in [0.29, 0.717) is 19.0 Å². The van der Waals surface area contributed by atoms with Gasteiger partial charge in [-0.2, -0.15) is 18.2 Å². The lowest BCUT2D eigenvalue weighted by Crippen LogP contribution is -2.38. The molecular formula is C13H23F3IN5O2. The first-order valence-corrected chi connectivity index (χ1v) is 7.38. The smallest absolute Gasteiger partial charge is 0.371 e. The monoisotopic (exact) mass is 465 g/mol. The molecule has 140 valence electrons. The van der Waals surface area contributed by atoms with Gasteiger partial charge in [-0.25, -0.2) is 4.99 Å². The van der Waals surface area contributed by atoms with Crippen molar-refractivity contribution in [1.82, 2.24) is 20.8 Å². The van der Waals surface area contributed by atoms with Crippen LogP contribution in [-0.4, -0.2) is 42.0 Å². The molecule has 0 spiro atoms. The van der Waals surface area contributed by atoms with Gasteiger partial charge in [-0.05, 0) is 20.8 Å². The van der Waals surface area contributed by atoms with Crippen molar-refractivity contribution in [1.29, 1.82) is 0 Å². The van der Waals surface area contributed by atoms with Gasteiger partial charge in [0.15, 0.2) is 11.8 Å². The molecule has 1 atom stereocenters. The number of alkyl halides is 3. The first kappa shape index (κ1) is 22.9. The summed E-state index contributed by atoms with van der Waals surface area (Å²) in [6.45, 7) is 6.32. The van der Waals surface area contributed by atoms with Crippen LogP contribution in [0.25, 0.3) is 0 Å². The number of aromatic nitrogens is 2. The second kappa shape index (κ2) is 11.4. The van der Waals surface area contributed by atoms with Gasteiger partial charge >= 0.3 is 6.18 Å². The summed E-state index contributed by atoms with van der Waals surface area (Å²) in [6.07, 6.45) is -5.44. The fourth-order valence-electron chi connectivity index (χ4n) is 1.63. The maximum Gasteiger partial charge on any atom is 0.390 e. The van der Waals surface area contributed by atoms with Crippen molar-refractivity contribution in [2.75, 3.05) is 19.7 Å². The minimum atomic E-state index is -4.21. The maximum atomic E-state index is 12.1. The summed E-state index contributed by atoms with van der Waals surface area (Å²) in [6, 6.07) is 0. The van der Waals surface area contributed by atoms with Gasteiger partial charge in [-0.15, -0.1) is 24.0 Å². The largest absolute Gasteiger partial charge is 0.390 e. The van der Waals surface area contributed by atoms with E-state index >= 15 is 0 Å². The predicted molar refractivity (Wildman–Crippen MR) is 93.2 cm³/mol. The van der Waals surface area contributed by atoms with Crippen LogP contribution in [-0.2, 0) is 11.3 Å². The lowest BCUT2D eigenvalue weighted by atomic mass is 10.4. The number of nitrogens with zero attached hydrogens (tertiary/aromatic N) is 3. The number of rotatable bonds is 8. The summed E-state index contributed by atoms with van der Waals surface area (Å²) in [7, 11) is 0. The normalized spacial score (nSPS) is 13.3. The topological polar surface area (TPSA) is 84.6 Å². The summed E-state index contributed by atoms with van der Waals surface area (Å²) in [5.41, 5.74) is 0. The van der Waals surface area contributed by atoms with Crippen LogP contribution in [0, 0.1) is 0 Å². The fraction of sp³-hybridized carbons (Fsp3) is 0.769. The van der Waals surface area contributed by atoms with Crippen LogP contribution in [0.5, 0.6) is 0 Å². The molecule has 1 rings (SSSR count). The summed E-state index contributed by atoms with van der Waals surface area (Å²) >= 11 is 0. The van der Waals surface area contributed by atoms with Gasteiger partial charge in [-0.1, -0.05) is 5.16 Å². The summed E-state index contributed by atoms with van der Waals surface area (Å²) < 4.78 is 46.8. The molecule has 0 aliphatic carbocycles. The van der Waals surface area contributed by atoms with E-state index in [-0.39, 0.29) is 55.0 Å². The number of nitrogens with one attached hydrogen (secondary N) is 2. The lowest BCUT2D eigenvalue weighted by molar-refractivity contribution is -0.132. The Morgan fingerprint density at radius 2 is 2.04 bits per heavy atom. The van der Waals surface area contributed by atoms with Crippen molar-refractivity contribution in [3.8, 4) is 0 Å². The zero-order chi connectivity index (χ0) is 17.3. The fourth-order valence-corrected chi connectivity index (χ4v) is 1.63. The molecule has 0 fully saturated rings. The van der Waals surface area contributed by atoms with Gasteiger partial charge in [0.2, 0.25) is 5.89 Å². The molecule has 0 aromatic carbocycles. The average Bonchev–Trinajstić information content (AvgIpc) is 2.92. The van der Waals surface area contributed by atoms with Crippen LogP contribution in [0.15, 0.2) is 9.52 Å². The quantitative estimate of drug-likeness (QED) is 0.349. The first-order valence-electron chi connectivity index (χ1n) is 7.38.